The van der Waals surface area contributed by atoms with Crippen LogP contribution in [-0.2, 0) is 11.3 Å². The molecular weight excluding hydrogens is 198 g/mol. The lowest BCUT2D eigenvalue weighted by Crippen LogP contribution is -2.39. The van der Waals surface area contributed by atoms with Crippen molar-refractivity contribution < 1.29 is 23.2 Å². The molecule has 0 aliphatic heterocycles. The summed E-state index contributed by atoms with van der Waals surface area (Å²) in [5.41, 5.74) is 0. The van der Waals surface area contributed by atoms with Crippen molar-refractivity contribution in [3.05, 3.63) is 18.0 Å². The number of nitrogens with one attached hydrogen (secondary N) is 1. The second kappa shape index (κ2) is 4.14. The zero-order valence-electron chi connectivity index (χ0n) is 7.04. The molecule has 0 aliphatic rings. The number of rotatable bonds is 5. The van der Waals surface area contributed by atoms with Crippen molar-refractivity contribution in [2.24, 2.45) is 0 Å². The fourth-order valence-corrected chi connectivity index (χ4v) is 0.752. The number of halogens is 2. The predicted octanol–water partition coefficient (Wildman–Crippen LogP) is 0.484. The minimum atomic E-state index is -3.76. The number of carboxylic acid groups (broad SMARTS) is 1. The van der Waals surface area contributed by atoms with Crippen LogP contribution >= 0.6 is 0 Å². The van der Waals surface area contributed by atoms with Crippen molar-refractivity contribution in [3.63, 3.8) is 0 Å². The average molecular weight is 206 g/mol. The summed E-state index contributed by atoms with van der Waals surface area (Å²) in [6, 6.07) is 1.49. The van der Waals surface area contributed by atoms with Gasteiger partial charge in [0.25, 0.3) is 0 Å². The minimum Gasteiger partial charge on any atom is -0.477 e. The van der Waals surface area contributed by atoms with E-state index in [4.69, 9.17) is 5.11 Å². The van der Waals surface area contributed by atoms with Crippen molar-refractivity contribution in [1.82, 2.24) is 10.5 Å². The predicted molar refractivity (Wildman–Crippen MR) is 40.8 cm³/mol. The summed E-state index contributed by atoms with van der Waals surface area (Å²) in [4.78, 5) is 9.99. The van der Waals surface area contributed by atoms with Gasteiger partial charge in [-0.05, 0) is 0 Å². The lowest BCUT2D eigenvalue weighted by molar-refractivity contribution is -0.164. The fourth-order valence-electron chi connectivity index (χ4n) is 0.752. The van der Waals surface area contributed by atoms with E-state index in [9.17, 15) is 13.6 Å². The number of hydrogen-bond donors (Lipinski definition) is 2. The normalized spacial score (nSPS) is 11.6. The molecule has 0 saturated heterocycles. The third kappa shape index (κ3) is 2.77. The van der Waals surface area contributed by atoms with Gasteiger partial charge in [0.2, 0.25) is 0 Å². The number of aromatic nitrogens is 1. The van der Waals surface area contributed by atoms with Crippen molar-refractivity contribution in [1.29, 1.82) is 0 Å². The van der Waals surface area contributed by atoms with E-state index in [1.54, 1.807) is 0 Å². The average Bonchev–Trinajstić information content (AvgIpc) is 2.56. The van der Waals surface area contributed by atoms with Gasteiger partial charge in [-0.15, -0.1) is 0 Å². The van der Waals surface area contributed by atoms with Gasteiger partial charge in [0.15, 0.2) is 0 Å². The summed E-state index contributed by atoms with van der Waals surface area (Å²) >= 11 is 0. The smallest absolute Gasteiger partial charge is 0.375 e. The van der Waals surface area contributed by atoms with E-state index in [-0.39, 0.29) is 6.54 Å². The summed E-state index contributed by atoms with van der Waals surface area (Å²) in [5, 5.41) is 13.7. The zero-order valence-corrected chi connectivity index (χ0v) is 7.04. The molecule has 0 bridgehead atoms. The second-order valence-electron chi connectivity index (χ2n) is 2.59. The topological polar surface area (TPSA) is 75.4 Å². The standard InChI is InChI=1S/C7H8F2N2O3/c8-7(9,6(12)13)4-10-3-5-1-2-11-14-5/h1-2,10H,3-4H2,(H,12,13). The summed E-state index contributed by atoms with van der Waals surface area (Å²) in [7, 11) is 0. The quantitative estimate of drug-likeness (QED) is 0.733. The lowest BCUT2D eigenvalue weighted by atomic mass is 10.3. The van der Waals surface area contributed by atoms with Gasteiger partial charge < -0.3 is 14.9 Å². The lowest BCUT2D eigenvalue weighted by Gasteiger charge is -2.10. The Labute approximate surface area is 77.7 Å². The van der Waals surface area contributed by atoms with Gasteiger partial charge in [-0.25, -0.2) is 4.79 Å². The molecule has 78 valence electrons. The molecule has 14 heavy (non-hydrogen) atoms. The van der Waals surface area contributed by atoms with E-state index < -0.39 is 18.4 Å². The van der Waals surface area contributed by atoms with E-state index in [0.29, 0.717) is 5.76 Å². The molecule has 2 N–H and O–H groups in total. The van der Waals surface area contributed by atoms with E-state index in [2.05, 4.69) is 15.0 Å². The van der Waals surface area contributed by atoms with Gasteiger partial charge in [-0.3, -0.25) is 0 Å². The molecule has 1 rings (SSSR count). The van der Waals surface area contributed by atoms with Crippen LogP contribution in [0.2, 0.25) is 0 Å². The van der Waals surface area contributed by atoms with Crippen LogP contribution in [0.15, 0.2) is 16.8 Å². The first-order chi connectivity index (χ1) is 6.52. The Balaban J connectivity index is 2.31. The Hall–Kier alpha value is -1.50. The van der Waals surface area contributed by atoms with Gasteiger partial charge in [-0.2, -0.15) is 8.78 Å². The van der Waals surface area contributed by atoms with Crippen LogP contribution in [0.25, 0.3) is 0 Å². The Kier molecular flexibility index (Phi) is 3.13. The number of aliphatic carboxylic acids is 1. The highest BCUT2D eigenvalue weighted by atomic mass is 19.3. The maximum absolute atomic E-state index is 12.5. The van der Waals surface area contributed by atoms with E-state index in [0.717, 1.165) is 0 Å². The number of nitrogens with zero attached hydrogens (tertiary/aromatic N) is 1. The van der Waals surface area contributed by atoms with Crippen LogP contribution in [0.1, 0.15) is 5.76 Å². The van der Waals surface area contributed by atoms with E-state index in [1.807, 2.05) is 0 Å². The molecule has 0 fully saturated rings. The maximum atomic E-state index is 12.5. The monoisotopic (exact) mass is 206 g/mol. The maximum Gasteiger partial charge on any atom is 0.375 e. The summed E-state index contributed by atoms with van der Waals surface area (Å²) in [6.07, 6.45) is 1.37. The van der Waals surface area contributed by atoms with Crippen LogP contribution in [0, 0.1) is 0 Å². The number of hydrogen-bond acceptors (Lipinski definition) is 4. The second-order valence-corrected chi connectivity index (χ2v) is 2.59. The van der Waals surface area contributed by atoms with Gasteiger partial charge in [0.05, 0.1) is 19.3 Å². The zero-order chi connectivity index (χ0) is 10.6. The first-order valence-electron chi connectivity index (χ1n) is 3.74. The molecular formula is C7H8F2N2O3. The highest BCUT2D eigenvalue weighted by molar-refractivity contribution is 5.75. The molecule has 0 atom stereocenters. The Morgan fingerprint density at radius 2 is 2.43 bits per heavy atom. The first kappa shape index (κ1) is 10.6. The highest BCUT2D eigenvalue weighted by Crippen LogP contribution is 2.11. The van der Waals surface area contributed by atoms with Gasteiger partial charge in [0.1, 0.15) is 5.76 Å². The van der Waals surface area contributed by atoms with Crippen LogP contribution in [-0.4, -0.2) is 28.7 Å². The molecule has 0 aromatic carbocycles. The molecule has 0 radical (unpaired) electrons. The van der Waals surface area contributed by atoms with Crippen LogP contribution < -0.4 is 5.32 Å². The summed E-state index contributed by atoms with van der Waals surface area (Å²) < 4.78 is 29.5. The van der Waals surface area contributed by atoms with Crippen molar-refractivity contribution in [2.45, 2.75) is 12.5 Å². The molecule has 1 aromatic rings. The third-order valence-corrected chi connectivity index (χ3v) is 1.45. The van der Waals surface area contributed by atoms with Crippen molar-refractivity contribution >= 4 is 5.97 Å². The van der Waals surface area contributed by atoms with Crippen molar-refractivity contribution in [3.8, 4) is 0 Å². The molecule has 0 unspecified atom stereocenters. The molecule has 0 saturated carbocycles. The molecule has 5 nitrogen and oxygen atoms in total. The molecule has 1 aromatic heterocycles. The largest absolute Gasteiger partial charge is 0.477 e. The summed E-state index contributed by atoms with van der Waals surface area (Å²) in [6.45, 7) is -0.925. The molecule has 1 heterocycles. The van der Waals surface area contributed by atoms with Crippen LogP contribution in [0.5, 0.6) is 0 Å². The highest BCUT2D eigenvalue weighted by Gasteiger charge is 2.38. The SMILES string of the molecule is O=C(O)C(F)(F)CNCc1ccno1. The van der Waals surface area contributed by atoms with Crippen molar-refractivity contribution in [2.75, 3.05) is 6.54 Å². The Morgan fingerprint density at radius 1 is 1.71 bits per heavy atom. The number of carboxylic acids is 1. The van der Waals surface area contributed by atoms with Crippen LogP contribution in [0.4, 0.5) is 8.78 Å². The van der Waals surface area contributed by atoms with E-state index >= 15 is 0 Å². The van der Waals surface area contributed by atoms with Gasteiger partial charge in [-0.1, -0.05) is 5.16 Å². The van der Waals surface area contributed by atoms with E-state index in [1.165, 1.54) is 12.3 Å². The Morgan fingerprint density at radius 3 is 2.93 bits per heavy atom. The number of carbonyl (C=O) groups is 1. The molecule has 0 spiro atoms. The van der Waals surface area contributed by atoms with Gasteiger partial charge >= 0.3 is 11.9 Å². The summed E-state index contributed by atoms with van der Waals surface area (Å²) in [5.74, 6) is -5.55. The first-order valence-corrected chi connectivity index (χ1v) is 3.74. The molecule has 0 amide bonds. The van der Waals surface area contributed by atoms with Gasteiger partial charge in [0, 0.05) is 6.07 Å². The third-order valence-electron chi connectivity index (χ3n) is 1.45. The fraction of sp³-hybridized carbons (Fsp3) is 0.429. The minimum absolute atomic E-state index is 0.0167. The Bertz CT molecular complexity index is 300. The molecule has 7 heteroatoms. The molecule has 0 aliphatic carbocycles. The number of alkyl halides is 2. The van der Waals surface area contributed by atoms with Crippen LogP contribution in [0.3, 0.4) is 0 Å².